The lowest BCUT2D eigenvalue weighted by atomic mass is 10.2. The highest BCUT2D eigenvalue weighted by Gasteiger charge is 2.18. The van der Waals surface area contributed by atoms with Crippen LogP contribution in [0.1, 0.15) is 23.7 Å². The highest BCUT2D eigenvalue weighted by Crippen LogP contribution is 2.22. The molecule has 0 saturated carbocycles. The van der Waals surface area contributed by atoms with Crippen LogP contribution in [0.2, 0.25) is 5.02 Å². The summed E-state index contributed by atoms with van der Waals surface area (Å²) in [6.45, 7) is 1.95. The van der Waals surface area contributed by atoms with Crippen molar-refractivity contribution in [1.82, 2.24) is 4.90 Å². The normalized spacial score (nSPS) is 11.8. The van der Waals surface area contributed by atoms with Gasteiger partial charge < -0.3 is 15.3 Å². The maximum absolute atomic E-state index is 12.2. The van der Waals surface area contributed by atoms with Crippen LogP contribution in [0.25, 0.3) is 0 Å². The smallest absolute Gasteiger partial charge is 0.337 e. The van der Waals surface area contributed by atoms with Gasteiger partial charge in [-0.05, 0) is 43.6 Å². The molecule has 2 amide bonds. The lowest BCUT2D eigenvalue weighted by molar-refractivity contribution is 0.0698. The van der Waals surface area contributed by atoms with E-state index in [0.29, 0.717) is 5.02 Å². The second kappa shape index (κ2) is 8.14. The Labute approximate surface area is 133 Å². The van der Waals surface area contributed by atoms with Gasteiger partial charge in [-0.3, -0.25) is 0 Å². The van der Waals surface area contributed by atoms with Gasteiger partial charge in [0.05, 0.1) is 11.3 Å². The number of nitrogens with zero attached hydrogens (tertiary/aromatic N) is 1. The Morgan fingerprint density at radius 1 is 1.48 bits per heavy atom. The number of hydrogen-bond acceptors (Lipinski definition) is 3. The van der Waals surface area contributed by atoms with E-state index in [1.54, 1.807) is 23.7 Å². The fraction of sp³-hybridized carbons (Fsp3) is 0.429. The maximum Gasteiger partial charge on any atom is 0.337 e. The standard InChI is InChI=1S/C14H19ClN2O3S/c1-9(6-7-21-3)17(2)14(20)16-12-8-10(15)4-5-11(12)13(18)19/h4-5,8-9H,6-7H2,1-3H3,(H,16,20)(H,18,19). The van der Waals surface area contributed by atoms with Crippen molar-refractivity contribution >= 4 is 41.1 Å². The molecule has 1 unspecified atom stereocenters. The molecule has 0 fully saturated rings. The summed E-state index contributed by atoms with van der Waals surface area (Å²) in [5, 5.41) is 12.1. The molecule has 0 radical (unpaired) electrons. The molecule has 0 aromatic heterocycles. The summed E-state index contributed by atoms with van der Waals surface area (Å²) < 4.78 is 0. The molecule has 2 N–H and O–H groups in total. The van der Waals surface area contributed by atoms with E-state index in [1.165, 1.54) is 18.2 Å². The van der Waals surface area contributed by atoms with E-state index < -0.39 is 5.97 Å². The molecule has 0 aliphatic heterocycles. The van der Waals surface area contributed by atoms with Crippen LogP contribution < -0.4 is 5.32 Å². The molecule has 0 aliphatic rings. The van der Waals surface area contributed by atoms with Gasteiger partial charge in [-0.2, -0.15) is 11.8 Å². The fourth-order valence-corrected chi connectivity index (χ4v) is 2.44. The molecular weight excluding hydrogens is 312 g/mol. The molecule has 1 atom stereocenters. The third-order valence-corrected chi connectivity index (χ3v) is 4.05. The predicted octanol–water partition coefficient (Wildman–Crippen LogP) is 3.64. The first kappa shape index (κ1) is 17.7. The lowest BCUT2D eigenvalue weighted by Crippen LogP contribution is -2.38. The highest BCUT2D eigenvalue weighted by molar-refractivity contribution is 7.98. The molecule has 0 heterocycles. The van der Waals surface area contributed by atoms with Crippen LogP contribution in [0.15, 0.2) is 18.2 Å². The number of benzene rings is 1. The Morgan fingerprint density at radius 3 is 2.71 bits per heavy atom. The van der Waals surface area contributed by atoms with Crippen molar-refractivity contribution in [2.75, 3.05) is 24.4 Å². The zero-order valence-corrected chi connectivity index (χ0v) is 13.8. The lowest BCUT2D eigenvalue weighted by Gasteiger charge is -2.25. The van der Waals surface area contributed by atoms with E-state index in [1.807, 2.05) is 13.2 Å². The van der Waals surface area contributed by atoms with Gasteiger partial charge in [0.2, 0.25) is 0 Å². The third kappa shape index (κ3) is 5.13. The first-order chi connectivity index (χ1) is 9.86. The van der Waals surface area contributed by atoms with Crippen molar-refractivity contribution in [1.29, 1.82) is 0 Å². The van der Waals surface area contributed by atoms with Crippen LogP contribution in [0.3, 0.4) is 0 Å². The largest absolute Gasteiger partial charge is 0.478 e. The van der Waals surface area contributed by atoms with Gasteiger partial charge >= 0.3 is 12.0 Å². The molecule has 0 aliphatic carbocycles. The Morgan fingerprint density at radius 2 is 2.14 bits per heavy atom. The van der Waals surface area contributed by atoms with Crippen molar-refractivity contribution < 1.29 is 14.7 Å². The second-order valence-corrected chi connectivity index (χ2v) is 6.09. The monoisotopic (exact) mass is 330 g/mol. The number of aromatic carboxylic acids is 1. The van der Waals surface area contributed by atoms with Crippen molar-refractivity contribution in [3.8, 4) is 0 Å². The van der Waals surface area contributed by atoms with Gasteiger partial charge in [-0.25, -0.2) is 9.59 Å². The molecule has 116 valence electrons. The summed E-state index contributed by atoms with van der Waals surface area (Å²) in [5.74, 6) is -0.156. The van der Waals surface area contributed by atoms with Crippen LogP contribution in [0.5, 0.6) is 0 Å². The number of carbonyl (C=O) groups is 2. The van der Waals surface area contributed by atoms with E-state index in [4.69, 9.17) is 16.7 Å². The molecule has 5 nitrogen and oxygen atoms in total. The number of nitrogens with one attached hydrogen (secondary N) is 1. The summed E-state index contributed by atoms with van der Waals surface area (Å²) in [6, 6.07) is 3.99. The van der Waals surface area contributed by atoms with Gasteiger partial charge in [0.25, 0.3) is 0 Å². The zero-order chi connectivity index (χ0) is 16.0. The van der Waals surface area contributed by atoms with Crippen molar-refractivity contribution in [3.05, 3.63) is 28.8 Å². The van der Waals surface area contributed by atoms with Gasteiger partial charge in [0.1, 0.15) is 0 Å². The molecule has 0 bridgehead atoms. The molecule has 1 aromatic carbocycles. The highest BCUT2D eigenvalue weighted by atomic mass is 35.5. The Kier molecular flexibility index (Phi) is 6.84. The number of amides is 2. The van der Waals surface area contributed by atoms with E-state index in [9.17, 15) is 9.59 Å². The summed E-state index contributed by atoms with van der Waals surface area (Å²) in [6.07, 6.45) is 2.88. The molecule has 0 saturated heterocycles. The molecule has 1 rings (SSSR count). The minimum Gasteiger partial charge on any atom is -0.478 e. The molecule has 0 spiro atoms. The number of carboxylic acids is 1. The van der Waals surface area contributed by atoms with E-state index in [2.05, 4.69) is 5.32 Å². The number of thioether (sulfide) groups is 1. The number of halogens is 1. The number of rotatable bonds is 6. The van der Waals surface area contributed by atoms with Crippen molar-refractivity contribution in [2.24, 2.45) is 0 Å². The summed E-state index contributed by atoms with van der Waals surface area (Å²) in [7, 11) is 1.69. The van der Waals surface area contributed by atoms with Crippen LogP contribution in [0.4, 0.5) is 10.5 Å². The van der Waals surface area contributed by atoms with E-state index >= 15 is 0 Å². The van der Waals surface area contributed by atoms with Crippen molar-refractivity contribution in [2.45, 2.75) is 19.4 Å². The Hall–Kier alpha value is -1.40. The third-order valence-electron chi connectivity index (χ3n) is 3.17. The van der Waals surface area contributed by atoms with Gasteiger partial charge in [-0.15, -0.1) is 0 Å². The molecule has 7 heteroatoms. The number of urea groups is 1. The second-order valence-electron chi connectivity index (χ2n) is 4.67. The SMILES string of the molecule is CSCCC(C)N(C)C(=O)Nc1cc(Cl)ccc1C(=O)O. The first-order valence-electron chi connectivity index (χ1n) is 6.42. The first-order valence-corrected chi connectivity index (χ1v) is 8.19. The van der Waals surface area contributed by atoms with Crippen molar-refractivity contribution in [3.63, 3.8) is 0 Å². The zero-order valence-electron chi connectivity index (χ0n) is 12.2. The number of carbonyl (C=O) groups excluding carboxylic acids is 1. The van der Waals surface area contributed by atoms with E-state index in [0.717, 1.165) is 12.2 Å². The minimum absolute atomic E-state index is 0.0120. The quantitative estimate of drug-likeness (QED) is 0.835. The molecule has 1 aromatic rings. The fourth-order valence-electron chi connectivity index (χ4n) is 1.69. The summed E-state index contributed by atoms with van der Waals surface area (Å²) in [5.41, 5.74) is 0.210. The Balaban J connectivity index is 2.83. The average molecular weight is 331 g/mol. The molecule has 21 heavy (non-hydrogen) atoms. The van der Waals surface area contributed by atoms with E-state index in [-0.39, 0.29) is 23.3 Å². The number of hydrogen-bond donors (Lipinski definition) is 2. The maximum atomic E-state index is 12.2. The van der Waals surface area contributed by atoms with Gasteiger partial charge in [0.15, 0.2) is 0 Å². The molecular formula is C14H19ClN2O3S. The van der Waals surface area contributed by atoms with Crippen LogP contribution in [0, 0.1) is 0 Å². The number of anilines is 1. The van der Waals surface area contributed by atoms with Crippen LogP contribution in [-0.4, -0.2) is 47.1 Å². The van der Waals surface area contributed by atoms with Gasteiger partial charge in [-0.1, -0.05) is 11.6 Å². The minimum atomic E-state index is -1.11. The van der Waals surface area contributed by atoms with Crippen LogP contribution >= 0.6 is 23.4 Å². The average Bonchev–Trinajstić information content (AvgIpc) is 2.43. The van der Waals surface area contributed by atoms with Gasteiger partial charge in [0, 0.05) is 18.1 Å². The number of carboxylic acid groups (broad SMARTS) is 1. The predicted molar refractivity (Wildman–Crippen MR) is 87.7 cm³/mol. The summed E-state index contributed by atoms with van der Waals surface area (Å²) >= 11 is 7.57. The Bertz CT molecular complexity index is 525. The summed E-state index contributed by atoms with van der Waals surface area (Å²) in [4.78, 5) is 24.9. The van der Waals surface area contributed by atoms with Crippen LogP contribution in [-0.2, 0) is 0 Å². The topological polar surface area (TPSA) is 69.6 Å².